The molecule has 0 atom stereocenters. The van der Waals surface area contributed by atoms with E-state index in [-0.39, 0.29) is 0 Å². The van der Waals surface area contributed by atoms with Gasteiger partial charge < -0.3 is 15.0 Å². The van der Waals surface area contributed by atoms with Crippen LogP contribution in [0, 0.1) is 0 Å². The number of nitrogens with one attached hydrogen (secondary N) is 1. The van der Waals surface area contributed by atoms with Gasteiger partial charge >= 0.3 is 0 Å². The molecule has 3 rings (SSSR count). The SMILES string of the molecule is CN(C)c1nc2nonc2nc1NCCCOc1cccnc1. The number of rotatable bonds is 7. The number of aromatic nitrogens is 5. The van der Waals surface area contributed by atoms with Crippen molar-refractivity contribution < 1.29 is 9.37 Å². The van der Waals surface area contributed by atoms with Crippen molar-refractivity contribution in [2.45, 2.75) is 6.42 Å². The number of nitrogens with zero attached hydrogens (tertiary/aromatic N) is 6. The largest absolute Gasteiger partial charge is 0.492 e. The molecule has 23 heavy (non-hydrogen) atoms. The molecule has 0 amide bonds. The van der Waals surface area contributed by atoms with Crippen molar-refractivity contribution in [3.05, 3.63) is 24.5 Å². The first-order valence-corrected chi connectivity index (χ1v) is 7.18. The van der Waals surface area contributed by atoms with Crippen molar-refractivity contribution in [2.75, 3.05) is 37.5 Å². The highest BCUT2D eigenvalue weighted by Crippen LogP contribution is 2.21. The van der Waals surface area contributed by atoms with Gasteiger partial charge in [-0.3, -0.25) is 4.98 Å². The summed E-state index contributed by atoms with van der Waals surface area (Å²) in [6.45, 7) is 1.27. The highest BCUT2D eigenvalue weighted by atomic mass is 16.6. The van der Waals surface area contributed by atoms with Gasteiger partial charge in [0.05, 0.1) is 12.8 Å². The van der Waals surface area contributed by atoms with Crippen LogP contribution in [0.25, 0.3) is 11.3 Å². The van der Waals surface area contributed by atoms with Gasteiger partial charge in [0.2, 0.25) is 11.3 Å². The van der Waals surface area contributed by atoms with E-state index in [1.165, 1.54) is 0 Å². The third-order valence-corrected chi connectivity index (χ3v) is 3.04. The number of hydrogen-bond acceptors (Lipinski definition) is 9. The maximum atomic E-state index is 5.59. The monoisotopic (exact) mass is 315 g/mol. The standard InChI is InChI=1S/C14H17N7O2/c1-21(2)14-13(17-11-12(18-14)20-23-19-11)16-7-4-8-22-10-5-3-6-15-9-10/h3,5-6,9H,4,7-8H2,1-2H3,(H,16,17,19). The summed E-state index contributed by atoms with van der Waals surface area (Å²) in [5.74, 6) is 2.08. The summed E-state index contributed by atoms with van der Waals surface area (Å²) in [6, 6.07) is 3.72. The zero-order valence-electron chi connectivity index (χ0n) is 12.9. The predicted octanol–water partition coefficient (Wildman–Crippen LogP) is 1.35. The first-order chi connectivity index (χ1) is 11.2. The van der Waals surface area contributed by atoms with E-state index in [0.717, 1.165) is 12.2 Å². The predicted molar refractivity (Wildman–Crippen MR) is 84.6 cm³/mol. The van der Waals surface area contributed by atoms with Crippen LogP contribution in [-0.2, 0) is 0 Å². The van der Waals surface area contributed by atoms with Crippen molar-refractivity contribution in [3.8, 4) is 5.75 Å². The topological polar surface area (TPSA) is 102 Å². The molecule has 0 spiro atoms. The summed E-state index contributed by atoms with van der Waals surface area (Å²) in [5.41, 5.74) is 0.767. The minimum absolute atomic E-state index is 0.379. The first-order valence-electron chi connectivity index (χ1n) is 7.18. The second kappa shape index (κ2) is 6.86. The molecule has 9 heteroatoms. The Hall–Kier alpha value is -2.97. The van der Waals surface area contributed by atoms with Gasteiger partial charge in [-0.05, 0) is 28.9 Å². The zero-order valence-corrected chi connectivity index (χ0v) is 12.9. The molecular weight excluding hydrogens is 298 g/mol. The van der Waals surface area contributed by atoms with E-state index in [2.05, 4.69) is 35.2 Å². The van der Waals surface area contributed by atoms with Crippen LogP contribution < -0.4 is 15.0 Å². The molecule has 0 bridgehead atoms. The number of ether oxygens (including phenoxy) is 1. The van der Waals surface area contributed by atoms with E-state index < -0.39 is 0 Å². The first kappa shape index (κ1) is 14.9. The van der Waals surface area contributed by atoms with E-state index in [1.54, 1.807) is 12.4 Å². The lowest BCUT2D eigenvalue weighted by atomic mass is 10.4. The lowest BCUT2D eigenvalue weighted by Gasteiger charge is -2.15. The van der Waals surface area contributed by atoms with Gasteiger partial charge in [0.15, 0.2) is 11.6 Å². The molecule has 0 fully saturated rings. The van der Waals surface area contributed by atoms with E-state index in [0.29, 0.717) is 36.1 Å². The summed E-state index contributed by atoms with van der Waals surface area (Å²) in [4.78, 5) is 14.6. The molecule has 0 saturated heterocycles. The van der Waals surface area contributed by atoms with Crippen molar-refractivity contribution in [1.29, 1.82) is 0 Å². The Balaban J connectivity index is 1.57. The van der Waals surface area contributed by atoms with E-state index in [4.69, 9.17) is 4.74 Å². The summed E-state index contributed by atoms with van der Waals surface area (Å²) in [5, 5.41) is 10.7. The quantitative estimate of drug-likeness (QED) is 0.647. The Labute approximate surface area is 132 Å². The van der Waals surface area contributed by atoms with Gasteiger partial charge in [0.1, 0.15) is 5.75 Å². The molecule has 1 N–H and O–H groups in total. The maximum absolute atomic E-state index is 5.59. The van der Waals surface area contributed by atoms with Crippen molar-refractivity contribution >= 4 is 22.9 Å². The number of anilines is 2. The molecule has 0 aromatic carbocycles. The molecule has 3 aromatic heterocycles. The smallest absolute Gasteiger partial charge is 0.245 e. The van der Waals surface area contributed by atoms with Crippen molar-refractivity contribution in [3.63, 3.8) is 0 Å². The van der Waals surface area contributed by atoms with Gasteiger partial charge in [-0.15, -0.1) is 0 Å². The van der Waals surface area contributed by atoms with Gasteiger partial charge in [-0.1, -0.05) is 0 Å². The van der Waals surface area contributed by atoms with E-state index in [1.807, 2.05) is 31.1 Å². The van der Waals surface area contributed by atoms with Gasteiger partial charge in [-0.25, -0.2) is 14.6 Å². The molecule has 0 radical (unpaired) electrons. The Morgan fingerprint density at radius 3 is 2.78 bits per heavy atom. The van der Waals surface area contributed by atoms with Crippen LogP contribution in [0.3, 0.4) is 0 Å². The Morgan fingerprint density at radius 1 is 1.22 bits per heavy atom. The molecule has 9 nitrogen and oxygen atoms in total. The fourth-order valence-corrected chi connectivity index (χ4v) is 1.96. The third kappa shape index (κ3) is 3.62. The molecule has 120 valence electrons. The number of fused-ring (bicyclic) bond motifs is 1. The number of pyridine rings is 1. The highest BCUT2D eigenvalue weighted by molar-refractivity contribution is 5.73. The molecule has 0 saturated carbocycles. The van der Waals surface area contributed by atoms with Gasteiger partial charge in [0, 0.05) is 26.8 Å². The molecule has 0 unspecified atom stereocenters. The lowest BCUT2D eigenvalue weighted by molar-refractivity contribution is 0.313. The molecular formula is C14H17N7O2. The summed E-state index contributed by atoms with van der Waals surface area (Å²) >= 11 is 0. The number of hydrogen-bond donors (Lipinski definition) is 1. The van der Waals surface area contributed by atoms with Crippen LogP contribution in [0.1, 0.15) is 6.42 Å². The average molecular weight is 315 g/mol. The summed E-state index contributed by atoms with van der Waals surface area (Å²) in [6.07, 6.45) is 4.21. The molecule has 0 aliphatic heterocycles. The summed E-state index contributed by atoms with van der Waals surface area (Å²) in [7, 11) is 3.78. The van der Waals surface area contributed by atoms with Gasteiger partial charge in [-0.2, -0.15) is 0 Å². The van der Waals surface area contributed by atoms with Crippen molar-refractivity contribution in [1.82, 2.24) is 25.3 Å². The van der Waals surface area contributed by atoms with E-state index >= 15 is 0 Å². The maximum Gasteiger partial charge on any atom is 0.245 e. The second-order valence-corrected chi connectivity index (χ2v) is 5.02. The zero-order chi connectivity index (χ0) is 16.1. The third-order valence-electron chi connectivity index (χ3n) is 3.04. The average Bonchev–Trinajstić information content (AvgIpc) is 3.02. The Bertz CT molecular complexity index is 760. The van der Waals surface area contributed by atoms with Crippen LogP contribution in [0.5, 0.6) is 5.75 Å². The Morgan fingerprint density at radius 2 is 2.04 bits per heavy atom. The van der Waals surface area contributed by atoms with Crippen LogP contribution in [0.15, 0.2) is 29.2 Å². The second-order valence-electron chi connectivity index (χ2n) is 5.02. The fraction of sp³-hybridized carbons (Fsp3) is 0.357. The molecule has 3 heterocycles. The van der Waals surface area contributed by atoms with E-state index in [9.17, 15) is 0 Å². The molecule has 0 aliphatic rings. The highest BCUT2D eigenvalue weighted by Gasteiger charge is 2.13. The Kier molecular flexibility index (Phi) is 4.46. The lowest BCUT2D eigenvalue weighted by Crippen LogP contribution is -2.16. The van der Waals surface area contributed by atoms with Crippen LogP contribution in [0.2, 0.25) is 0 Å². The van der Waals surface area contributed by atoms with Crippen LogP contribution in [-0.4, -0.2) is 52.5 Å². The van der Waals surface area contributed by atoms with Crippen LogP contribution in [0.4, 0.5) is 11.6 Å². The van der Waals surface area contributed by atoms with Crippen molar-refractivity contribution in [2.24, 2.45) is 0 Å². The minimum Gasteiger partial charge on any atom is -0.492 e. The molecule has 3 aromatic rings. The van der Waals surface area contributed by atoms with Crippen LogP contribution >= 0.6 is 0 Å². The summed E-state index contributed by atoms with van der Waals surface area (Å²) < 4.78 is 10.2. The molecule has 0 aliphatic carbocycles. The normalized spacial score (nSPS) is 10.7. The minimum atomic E-state index is 0.379. The fourth-order valence-electron chi connectivity index (χ4n) is 1.96. The van der Waals surface area contributed by atoms with Gasteiger partial charge in [0.25, 0.3) is 0 Å².